The van der Waals surface area contributed by atoms with Crippen LogP contribution in [0.3, 0.4) is 0 Å². The highest BCUT2D eigenvalue weighted by atomic mass is 16.5. The van der Waals surface area contributed by atoms with E-state index < -0.39 is 0 Å². The van der Waals surface area contributed by atoms with Crippen LogP contribution in [0.15, 0.2) is 24.3 Å². The van der Waals surface area contributed by atoms with E-state index in [1.807, 2.05) is 0 Å². The number of nitrogens with zero attached hydrogens (tertiary/aromatic N) is 1. The van der Waals surface area contributed by atoms with Crippen molar-refractivity contribution in [1.29, 1.82) is 0 Å². The molecule has 3 nitrogen and oxygen atoms in total. The third kappa shape index (κ3) is 6.71. The van der Waals surface area contributed by atoms with Gasteiger partial charge in [0, 0.05) is 20.2 Å². The molecule has 19 heavy (non-hydrogen) atoms. The van der Waals surface area contributed by atoms with Gasteiger partial charge in [-0.15, -0.1) is 0 Å². The van der Waals surface area contributed by atoms with Crippen molar-refractivity contribution in [1.82, 2.24) is 10.2 Å². The maximum atomic E-state index is 5.14. The number of hydrogen-bond acceptors (Lipinski definition) is 3. The molecule has 0 aliphatic carbocycles. The van der Waals surface area contributed by atoms with Crippen molar-refractivity contribution >= 4 is 0 Å². The standard InChI is InChI=1S/C16H28N2O/c1-4-17-11-10-15-6-8-16(9-7-15)14-18(5-2)12-13-19-3/h6-9,17H,4-5,10-14H2,1-3H3. The van der Waals surface area contributed by atoms with Gasteiger partial charge in [0.1, 0.15) is 0 Å². The van der Waals surface area contributed by atoms with E-state index in [4.69, 9.17) is 4.74 Å². The van der Waals surface area contributed by atoms with Gasteiger partial charge >= 0.3 is 0 Å². The summed E-state index contributed by atoms with van der Waals surface area (Å²) in [6, 6.07) is 8.99. The second kappa shape index (κ2) is 9.96. The Morgan fingerprint density at radius 2 is 1.79 bits per heavy atom. The summed E-state index contributed by atoms with van der Waals surface area (Å²) in [6.45, 7) is 10.3. The third-order valence-electron chi connectivity index (χ3n) is 3.33. The van der Waals surface area contributed by atoms with E-state index in [1.165, 1.54) is 11.1 Å². The Morgan fingerprint density at radius 1 is 1.11 bits per heavy atom. The molecule has 0 spiro atoms. The zero-order valence-corrected chi connectivity index (χ0v) is 12.6. The SMILES string of the molecule is CCNCCc1ccc(CN(CC)CCOC)cc1. The van der Waals surface area contributed by atoms with E-state index >= 15 is 0 Å². The number of rotatable bonds is 10. The average Bonchev–Trinajstić information content (AvgIpc) is 2.45. The maximum absolute atomic E-state index is 5.14. The Labute approximate surface area is 118 Å². The van der Waals surface area contributed by atoms with Crippen molar-refractivity contribution in [2.45, 2.75) is 26.8 Å². The van der Waals surface area contributed by atoms with Crippen LogP contribution in [0.1, 0.15) is 25.0 Å². The third-order valence-corrected chi connectivity index (χ3v) is 3.33. The van der Waals surface area contributed by atoms with Gasteiger partial charge in [0.25, 0.3) is 0 Å². The van der Waals surface area contributed by atoms with Crippen LogP contribution in [-0.2, 0) is 17.7 Å². The summed E-state index contributed by atoms with van der Waals surface area (Å²) in [6.07, 6.45) is 1.11. The highest BCUT2D eigenvalue weighted by molar-refractivity contribution is 5.22. The summed E-state index contributed by atoms with van der Waals surface area (Å²) in [4.78, 5) is 2.40. The lowest BCUT2D eigenvalue weighted by molar-refractivity contribution is 0.147. The molecule has 0 bridgehead atoms. The van der Waals surface area contributed by atoms with Crippen LogP contribution in [0.25, 0.3) is 0 Å². The average molecular weight is 264 g/mol. The second-order valence-corrected chi connectivity index (χ2v) is 4.78. The highest BCUT2D eigenvalue weighted by Gasteiger charge is 2.03. The molecule has 0 amide bonds. The summed E-state index contributed by atoms with van der Waals surface area (Å²) in [5.74, 6) is 0. The molecule has 0 radical (unpaired) electrons. The van der Waals surface area contributed by atoms with Gasteiger partial charge in [-0.1, -0.05) is 38.1 Å². The van der Waals surface area contributed by atoms with Gasteiger partial charge in [-0.25, -0.2) is 0 Å². The van der Waals surface area contributed by atoms with Crippen molar-refractivity contribution in [3.8, 4) is 0 Å². The number of likely N-dealkylation sites (N-methyl/N-ethyl adjacent to an activating group) is 2. The molecule has 0 atom stereocenters. The molecule has 108 valence electrons. The normalized spacial score (nSPS) is 11.2. The van der Waals surface area contributed by atoms with E-state index in [0.29, 0.717) is 0 Å². The lowest BCUT2D eigenvalue weighted by atomic mass is 10.1. The van der Waals surface area contributed by atoms with Crippen molar-refractivity contribution < 1.29 is 4.74 Å². The predicted octanol–water partition coefficient (Wildman–Crippen LogP) is 2.31. The summed E-state index contributed by atoms with van der Waals surface area (Å²) in [5, 5.41) is 3.35. The molecule has 1 aromatic rings. The fourth-order valence-corrected chi connectivity index (χ4v) is 2.05. The molecule has 0 aliphatic rings. The van der Waals surface area contributed by atoms with Crippen LogP contribution >= 0.6 is 0 Å². The van der Waals surface area contributed by atoms with Gasteiger partial charge in [-0.3, -0.25) is 4.90 Å². The monoisotopic (exact) mass is 264 g/mol. The molecule has 0 saturated heterocycles. The van der Waals surface area contributed by atoms with Crippen molar-refractivity contribution in [2.24, 2.45) is 0 Å². The summed E-state index contributed by atoms with van der Waals surface area (Å²) in [7, 11) is 1.76. The first-order chi connectivity index (χ1) is 9.30. The summed E-state index contributed by atoms with van der Waals surface area (Å²) < 4.78 is 5.14. The molecule has 1 aromatic carbocycles. The first kappa shape index (κ1) is 16.2. The zero-order chi connectivity index (χ0) is 13.9. The molecule has 1 rings (SSSR count). The maximum Gasteiger partial charge on any atom is 0.0589 e. The van der Waals surface area contributed by atoms with Gasteiger partial charge in [0.15, 0.2) is 0 Å². The first-order valence-electron chi connectivity index (χ1n) is 7.30. The van der Waals surface area contributed by atoms with Crippen LogP contribution in [0.4, 0.5) is 0 Å². The van der Waals surface area contributed by atoms with Crippen LogP contribution in [-0.4, -0.2) is 44.8 Å². The van der Waals surface area contributed by atoms with Gasteiger partial charge in [0.2, 0.25) is 0 Å². The zero-order valence-electron chi connectivity index (χ0n) is 12.6. The topological polar surface area (TPSA) is 24.5 Å². The van der Waals surface area contributed by atoms with E-state index in [9.17, 15) is 0 Å². The number of benzene rings is 1. The molecule has 0 fully saturated rings. The molecule has 0 aromatic heterocycles. The second-order valence-electron chi connectivity index (χ2n) is 4.78. The highest BCUT2D eigenvalue weighted by Crippen LogP contribution is 2.08. The summed E-state index contributed by atoms with van der Waals surface area (Å²) >= 11 is 0. The number of methoxy groups -OCH3 is 1. The summed E-state index contributed by atoms with van der Waals surface area (Å²) in [5.41, 5.74) is 2.79. The minimum absolute atomic E-state index is 0.800. The van der Waals surface area contributed by atoms with E-state index in [-0.39, 0.29) is 0 Å². The molecular weight excluding hydrogens is 236 g/mol. The Bertz CT molecular complexity index is 324. The van der Waals surface area contributed by atoms with E-state index in [2.05, 4.69) is 48.3 Å². The van der Waals surface area contributed by atoms with Crippen LogP contribution in [0.2, 0.25) is 0 Å². The lowest BCUT2D eigenvalue weighted by Gasteiger charge is -2.20. The molecular formula is C16H28N2O. The molecule has 0 saturated carbocycles. The largest absolute Gasteiger partial charge is 0.383 e. The lowest BCUT2D eigenvalue weighted by Crippen LogP contribution is -2.26. The molecule has 3 heteroatoms. The number of ether oxygens (including phenoxy) is 1. The Morgan fingerprint density at radius 3 is 2.37 bits per heavy atom. The molecule has 0 heterocycles. The predicted molar refractivity (Wildman–Crippen MR) is 81.5 cm³/mol. The quantitative estimate of drug-likeness (QED) is 0.656. The van der Waals surface area contributed by atoms with Gasteiger partial charge in [-0.2, -0.15) is 0 Å². The van der Waals surface area contributed by atoms with Crippen molar-refractivity contribution in [2.75, 3.05) is 39.9 Å². The number of hydrogen-bond donors (Lipinski definition) is 1. The van der Waals surface area contributed by atoms with Crippen molar-refractivity contribution in [3.63, 3.8) is 0 Å². The van der Waals surface area contributed by atoms with Crippen LogP contribution < -0.4 is 5.32 Å². The van der Waals surface area contributed by atoms with E-state index in [0.717, 1.165) is 45.8 Å². The minimum Gasteiger partial charge on any atom is -0.383 e. The van der Waals surface area contributed by atoms with Gasteiger partial charge in [0.05, 0.1) is 6.61 Å². The Kier molecular flexibility index (Phi) is 8.47. The van der Waals surface area contributed by atoms with Crippen LogP contribution in [0.5, 0.6) is 0 Å². The fraction of sp³-hybridized carbons (Fsp3) is 0.625. The smallest absolute Gasteiger partial charge is 0.0589 e. The van der Waals surface area contributed by atoms with Crippen molar-refractivity contribution in [3.05, 3.63) is 35.4 Å². The molecule has 0 unspecified atom stereocenters. The first-order valence-corrected chi connectivity index (χ1v) is 7.30. The van der Waals surface area contributed by atoms with Gasteiger partial charge < -0.3 is 10.1 Å². The Hall–Kier alpha value is -0.900. The Balaban J connectivity index is 2.41. The molecule has 0 aliphatic heterocycles. The number of nitrogens with one attached hydrogen (secondary N) is 1. The fourth-order valence-electron chi connectivity index (χ4n) is 2.05. The minimum atomic E-state index is 0.800. The molecule has 1 N–H and O–H groups in total. The van der Waals surface area contributed by atoms with Crippen LogP contribution in [0, 0.1) is 0 Å². The van der Waals surface area contributed by atoms with E-state index in [1.54, 1.807) is 7.11 Å². The van der Waals surface area contributed by atoms with Gasteiger partial charge in [-0.05, 0) is 37.2 Å².